The van der Waals surface area contributed by atoms with E-state index in [4.69, 9.17) is 0 Å². The maximum absolute atomic E-state index is 12.1. The number of carbonyl (C=O) groups is 1. The molecule has 1 aromatic rings. The van der Waals surface area contributed by atoms with Gasteiger partial charge >= 0.3 is 0 Å². The third kappa shape index (κ3) is 3.49. The molecule has 2 N–H and O–H groups in total. The lowest BCUT2D eigenvalue weighted by molar-refractivity contribution is 0.0921. The first-order valence-corrected chi connectivity index (χ1v) is 7.20. The van der Waals surface area contributed by atoms with Crippen LogP contribution in [-0.4, -0.2) is 17.1 Å². The van der Waals surface area contributed by atoms with Gasteiger partial charge in [-0.3, -0.25) is 4.79 Å². The van der Waals surface area contributed by atoms with E-state index in [0.717, 1.165) is 24.3 Å². The molecule has 1 aliphatic carbocycles. The smallest absolute Gasteiger partial charge is 0.251 e. The predicted octanol–water partition coefficient (Wildman–Crippen LogP) is 3.40. The number of hydrogen-bond acceptors (Lipinski definition) is 2. The number of carbonyl (C=O) groups excluding carboxylic acids is 1. The Morgan fingerprint density at radius 3 is 2.58 bits per heavy atom. The highest BCUT2D eigenvalue weighted by Gasteiger charge is 2.21. The lowest BCUT2D eigenvalue weighted by Crippen LogP contribution is -2.37. The molecule has 0 aromatic heterocycles. The fourth-order valence-corrected chi connectivity index (χ4v) is 2.78. The second kappa shape index (κ2) is 6.09. The summed E-state index contributed by atoms with van der Waals surface area (Å²) in [7, 11) is 0. The van der Waals surface area contributed by atoms with Crippen molar-refractivity contribution in [3.05, 3.63) is 29.3 Å². The number of hydrogen-bond donors (Lipinski definition) is 2. The number of nitrogens with one attached hydrogen (secondary N) is 1. The Morgan fingerprint density at radius 1 is 1.32 bits per heavy atom. The van der Waals surface area contributed by atoms with Gasteiger partial charge in [0.2, 0.25) is 0 Å². The third-order valence-corrected chi connectivity index (χ3v) is 4.22. The topological polar surface area (TPSA) is 49.3 Å². The van der Waals surface area contributed by atoms with Gasteiger partial charge in [0, 0.05) is 11.6 Å². The van der Waals surface area contributed by atoms with Gasteiger partial charge in [-0.15, -0.1) is 0 Å². The number of aryl methyl sites for hydroxylation is 1. The molecule has 0 aliphatic heterocycles. The first-order chi connectivity index (χ1) is 9.10. The largest absolute Gasteiger partial charge is 0.508 e. The second-order valence-electron chi connectivity index (χ2n) is 5.60. The molecule has 1 amide bonds. The Labute approximate surface area is 115 Å². The molecule has 0 radical (unpaired) electrons. The SMILES string of the molecule is CCC1CCC(NC(=O)c2ccc(O)c(C)c2)CC1. The summed E-state index contributed by atoms with van der Waals surface area (Å²) < 4.78 is 0. The quantitative estimate of drug-likeness (QED) is 0.876. The summed E-state index contributed by atoms with van der Waals surface area (Å²) in [5.74, 6) is 1.05. The highest BCUT2D eigenvalue weighted by molar-refractivity contribution is 5.94. The minimum Gasteiger partial charge on any atom is -0.508 e. The van der Waals surface area contributed by atoms with Crippen LogP contribution in [0.1, 0.15) is 54.9 Å². The zero-order chi connectivity index (χ0) is 13.8. The molecule has 1 aliphatic rings. The van der Waals surface area contributed by atoms with Crippen molar-refractivity contribution < 1.29 is 9.90 Å². The van der Waals surface area contributed by atoms with Crippen molar-refractivity contribution in [2.24, 2.45) is 5.92 Å². The summed E-state index contributed by atoms with van der Waals surface area (Å²) in [5, 5.41) is 12.6. The molecule has 1 fully saturated rings. The van der Waals surface area contributed by atoms with Gasteiger partial charge in [-0.2, -0.15) is 0 Å². The van der Waals surface area contributed by atoms with Gasteiger partial charge in [-0.25, -0.2) is 0 Å². The van der Waals surface area contributed by atoms with Gasteiger partial charge in [0.25, 0.3) is 5.91 Å². The van der Waals surface area contributed by atoms with Crippen molar-refractivity contribution in [2.75, 3.05) is 0 Å². The Balaban J connectivity index is 1.92. The van der Waals surface area contributed by atoms with Gasteiger partial charge in [0.05, 0.1) is 0 Å². The number of phenolic OH excluding ortho intramolecular Hbond substituents is 1. The van der Waals surface area contributed by atoms with Crippen molar-refractivity contribution in [1.82, 2.24) is 5.32 Å². The average Bonchev–Trinajstić information content (AvgIpc) is 2.42. The molecule has 3 nitrogen and oxygen atoms in total. The van der Waals surface area contributed by atoms with Crippen LogP contribution in [0.3, 0.4) is 0 Å². The van der Waals surface area contributed by atoms with Crippen LogP contribution in [0.5, 0.6) is 5.75 Å². The lowest BCUT2D eigenvalue weighted by atomic mass is 9.84. The van der Waals surface area contributed by atoms with E-state index in [1.807, 2.05) is 0 Å². The monoisotopic (exact) mass is 261 g/mol. The third-order valence-electron chi connectivity index (χ3n) is 4.22. The molecule has 3 heteroatoms. The van der Waals surface area contributed by atoms with Gasteiger partial charge in [0.15, 0.2) is 0 Å². The van der Waals surface area contributed by atoms with Crippen molar-refractivity contribution in [2.45, 2.75) is 52.0 Å². The summed E-state index contributed by atoms with van der Waals surface area (Å²) in [5.41, 5.74) is 1.37. The highest BCUT2D eigenvalue weighted by Crippen LogP contribution is 2.26. The Morgan fingerprint density at radius 2 is 2.00 bits per heavy atom. The van der Waals surface area contributed by atoms with Crippen LogP contribution < -0.4 is 5.32 Å². The van der Waals surface area contributed by atoms with E-state index < -0.39 is 0 Å². The average molecular weight is 261 g/mol. The van der Waals surface area contributed by atoms with E-state index in [9.17, 15) is 9.90 Å². The molecule has 0 spiro atoms. The summed E-state index contributed by atoms with van der Waals surface area (Å²) in [6.07, 6.45) is 5.85. The number of phenols is 1. The van der Waals surface area contributed by atoms with Crippen LogP contribution in [-0.2, 0) is 0 Å². The molecular weight excluding hydrogens is 238 g/mol. The van der Waals surface area contributed by atoms with Gasteiger partial charge in [-0.1, -0.05) is 13.3 Å². The summed E-state index contributed by atoms with van der Waals surface area (Å²) in [4.78, 5) is 12.1. The fraction of sp³-hybridized carbons (Fsp3) is 0.562. The number of aromatic hydroxyl groups is 1. The Bertz CT molecular complexity index is 448. The van der Waals surface area contributed by atoms with Crippen molar-refractivity contribution in [3.8, 4) is 5.75 Å². The van der Waals surface area contributed by atoms with E-state index in [1.165, 1.54) is 19.3 Å². The molecule has 0 heterocycles. The number of amides is 1. The van der Waals surface area contributed by atoms with E-state index in [-0.39, 0.29) is 11.7 Å². The van der Waals surface area contributed by atoms with E-state index >= 15 is 0 Å². The fourth-order valence-electron chi connectivity index (χ4n) is 2.78. The molecule has 0 atom stereocenters. The zero-order valence-corrected chi connectivity index (χ0v) is 11.8. The van der Waals surface area contributed by atoms with Crippen LogP contribution >= 0.6 is 0 Å². The molecular formula is C16H23NO2. The molecule has 0 saturated heterocycles. The van der Waals surface area contributed by atoms with Crippen molar-refractivity contribution in [3.63, 3.8) is 0 Å². The highest BCUT2D eigenvalue weighted by atomic mass is 16.3. The van der Waals surface area contributed by atoms with E-state index in [2.05, 4.69) is 12.2 Å². The predicted molar refractivity (Wildman–Crippen MR) is 76.3 cm³/mol. The van der Waals surface area contributed by atoms with Gasteiger partial charge < -0.3 is 10.4 Å². The van der Waals surface area contributed by atoms with Crippen LogP contribution in [0.2, 0.25) is 0 Å². The summed E-state index contributed by atoms with van der Waals surface area (Å²) >= 11 is 0. The molecule has 1 aromatic carbocycles. The summed E-state index contributed by atoms with van der Waals surface area (Å²) in [6, 6.07) is 5.31. The molecule has 2 rings (SSSR count). The Hall–Kier alpha value is -1.51. The minimum atomic E-state index is -0.0250. The Kier molecular flexibility index (Phi) is 4.46. The maximum Gasteiger partial charge on any atom is 0.251 e. The number of benzene rings is 1. The van der Waals surface area contributed by atoms with Crippen LogP contribution in [0.4, 0.5) is 0 Å². The first kappa shape index (κ1) is 13.9. The van der Waals surface area contributed by atoms with Crippen LogP contribution in [0.15, 0.2) is 18.2 Å². The molecule has 104 valence electrons. The normalized spacial score (nSPS) is 23.1. The minimum absolute atomic E-state index is 0.0250. The second-order valence-corrected chi connectivity index (χ2v) is 5.60. The van der Waals surface area contributed by atoms with E-state index in [1.54, 1.807) is 25.1 Å². The molecule has 0 unspecified atom stereocenters. The zero-order valence-electron chi connectivity index (χ0n) is 11.8. The van der Waals surface area contributed by atoms with Crippen LogP contribution in [0, 0.1) is 12.8 Å². The standard InChI is InChI=1S/C16H23NO2/c1-3-12-4-7-14(8-5-12)17-16(19)13-6-9-15(18)11(2)10-13/h6,9-10,12,14,18H,3-5,7-8H2,1-2H3,(H,17,19). The van der Waals surface area contributed by atoms with Crippen molar-refractivity contribution >= 4 is 5.91 Å². The van der Waals surface area contributed by atoms with Gasteiger partial charge in [0.1, 0.15) is 5.75 Å². The molecule has 1 saturated carbocycles. The van der Waals surface area contributed by atoms with Crippen molar-refractivity contribution in [1.29, 1.82) is 0 Å². The molecule has 19 heavy (non-hydrogen) atoms. The van der Waals surface area contributed by atoms with Gasteiger partial charge in [-0.05, 0) is 62.3 Å². The molecule has 0 bridgehead atoms. The van der Waals surface area contributed by atoms with Crippen LogP contribution in [0.25, 0.3) is 0 Å². The first-order valence-electron chi connectivity index (χ1n) is 7.20. The summed E-state index contributed by atoms with van der Waals surface area (Å²) in [6.45, 7) is 4.04. The maximum atomic E-state index is 12.1. The lowest BCUT2D eigenvalue weighted by Gasteiger charge is -2.28. The van der Waals surface area contributed by atoms with E-state index in [0.29, 0.717) is 11.6 Å². The number of rotatable bonds is 3.